The molecule has 3 N–H and O–H groups in total. The molecule has 0 aliphatic rings. The Hall–Kier alpha value is -2.56. The molecule has 0 unspecified atom stereocenters. The van der Waals surface area contributed by atoms with Crippen molar-refractivity contribution >= 4 is 11.4 Å². The smallest absolute Gasteiger partial charge is 0.270 e. The lowest BCUT2D eigenvalue weighted by atomic mass is 10.0. The van der Waals surface area contributed by atoms with Gasteiger partial charge in [0.1, 0.15) is 5.75 Å². The van der Waals surface area contributed by atoms with Crippen LogP contribution in [0.15, 0.2) is 42.5 Å². The molecular formula is C12H10N2O3. The molecule has 17 heavy (non-hydrogen) atoms. The fourth-order valence-electron chi connectivity index (χ4n) is 1.65. The molecule has 5 heteroatoms. The standard InChI is InChI=1S/C12H10N2O3/c13-10-5-2-6-11(15)12(10)8-3-1-4-9(7-8)14(16)17/h1-7,15H,13H2. The fraction of sp³-hybridized carbons (Fsp3) is 0. The maximum Gasteiger partial charge on any atom is 0.270 e. The quantitative estimate of drug-likeness (QED) is 0.471. The second-order valence-corrected chi connectivity index (χ2v) is 3.55. The molecule has 0 saturated carbocycles. The van der Waals surface area contributed by atoms with Gasteiger partial charge in [-0.25, -0.2) is 0 Å². The van der Waals surface area contributed by atoms with E-state index in [9.17, 15) is 15.2 Å². The summed E-state index contributed by atoms with van der Waals surface area (Å²) in [5.41, 5.74) is 7.03. The predicted molar refractivity (Wildman–Crippen MR) is 64.6 cm³/mol. The van der Waals surface area contributed by atoms with Crippen molar-refractivity contribution in [2.45, 2.75) is 0 Å². The molecule has 2 rings (SSSR count). The van der Waals surface area contributed by atoms with Gasteiger partial charge in [0.2, 0.25) is 0 Å². The molecule has 0 heterocycles. The van der Waals surface area contributed by atoms with Crippen LogP contribution in [0, 0.1) is 10.1 Å². The van der Waals surface area contributed by atoms with E-state index in [2.05, 4.69) is 0 Å². The van der Waals surface area contributed by atoms with E-state index in [-0.39, 0.29) is 11.4 Å². The number of anilines is 1. The largest absolute Gasteiger partial charge is 0.507 e. The Balaban J connectivity index is 2.61. The third-order valence-electron chi connectivity index (χ3n) is 2.42. The fourth-order valence-corrected chi connectivity index (χ4v) is 1.65. The first kappa shape index (κ1) is 10.9. The van der Waals surface area contributed by atoms with Crippen molar-refractivity contribution in [3.05, 3.63) is 52.6 Å². The van der Waals surface area contributed by atoms with Gasteiger partial charge in [-0.05, 0) is 17.7 Å². The summed E-state index contributed by atoms with van der Waals surface area (Å²) in [7, 11) is 0. The van der Waals surface area contributed by atoms with Crippen molar-refractivity contribution in [2.75, 3.05) is 5.73 Å². The van der Waals surface area contributed by atoms with Crippen LogP contribution in [0.3, 0.4) is 0 Å². The highest BCUT2D eigenvalue weighted by Gasteiger charge is 2.12. The third-order valence-corrected chi connectivity index (χ3v) is 2.42. The van der Waals surface area contributed by atoms with Crippen LogP contribution in [0.5, 0.6) is 5.75 Å². The molecule has 5 nitrogen and oxygen atoms in total. The minimum Gasteiger partial charge on any atom is -0.507 e. The van der Waals surface area contributed by atoms with E-state index in [0.717, 1.165) is 0 Å². The molecule has 0 fully saturated rings. The number of nitrogens with zero attached hydrogens (tertiary/aromatic N) is 1. The molecule has 2 aromatic carbocycles. The monoisotopic (exact) mass is 230 g/mol. The number of benzene rings is 2. The summed E-state index contributed by atoms with van der Waals surface area (Å²) in [6.07, 6.45) is 0. The van der Waals surface area contributed by atoms with Crippen LogP contribution in [0.1, 0.15) is 0 Å². The summed E-state index contributed by atoms with van der Waals surface area (Å²) in [4.78, 5) is 10.2. The number of nitro benzene ring substituents is 1. The Morgan fingerprint density at radius 1 is 1.18 bits per heavy atom. The zero-order valence-electron chi connectivity index (χ0n) is 8.83. The number of non-ortho nitro benzene ring substituents is 1. The van der Waals surface area contributed by atoms with Gasteiger partial charge in [0.25, 0.3) is 5.69 Å². The van der Waals surface area contributed by atoms with Gasteiger partial charge in [0, 0.05) is 23.4 Å². The molecule has 0 spiro atoms. The molecule has 0 bridgehead atoms. The summed E-state index contributed by atoms with van der Waals surface area (Å²) in [6.45, 7) is 0. The van der Waals surface area contributed by atoms with E-state index < -0.39 is 4.92 Å². The maximum absolute atomic E-state index is 10.7. The summed E-state index contributed by atoms with van der Waals surface area (Å²) >= 11 is 0. The molecule has 0 amide bonds. The first-order valence-corrected chi connectivity index (χ1v) is 4.92. The van der Waals surface area contributed by atoms with E-state index in [1.54, 1.807) is 24.3 Å². The number of aromatic hydroxyl groups is 1. The average Bonchev–Trinajstić information content (AvgIpc) is 2.29. The summed E-state index contributed by atoms with van der Waals surface area (Å²) in [5.74, 6) is 0.00509. The molecule has 0 aliphatic heterocycles. The number of nitrogen functional groups attached to an aromatic ring is 1. The number of phenols is 1. The van der Waals surface area contributed by atoms with E-state index in [4.69, 9.17) is 5.73 Å². The SMILES string of the molecule is Nc1cccc(O)c1-c1cccc([N+](=O)[O-])c1. The Kier molecular flexibility index (Phi) is 2.66. The highest BCUT2D eigenvalue weighted by molar-refractivity contribution is 5.82. The van der Waals surface area contributed by atoms with Crippen molar-refractivity contribution < 1.29 is 10.0 Å². The van der Waals surface area contributed by atoms with Crippen LogP contribution < -0.4 is 5.73 Å². The lowest BCUT2D eigenvalue weighted by Gasteiger charge is -2.07. The lowest BCUT2D eigenvalue weighted by Crippen LogP contribution is -1.92. The molecular weight excluding hydrogens is 220 g/mol. The van der Waals surface area contributed by atoms with Crippen LogP contribution in [0.25, 0.3) is 11.1 Å². The molecule has 0 aromatic heterocycles. The average molecular weight is 230 g/mol. The van der Waals surface area contributed by atoms with Gasteiger partial charge in [0.05, 0.1) is 4.92 Å². The van der Waals surface area contributed by atoms with E-state index in [0.29, 0.717) is 16.8 Å². The molecule has 0 aliphatic carbocycles. The molecule has 2 aromatic rings. The topological polar surface area (TPSA) is 89.4 Å². The van der Waals surface area contributed by atoms with Crippen molar-refractivity contribution in [3.8, 4) is 16.9 Å². The van der Waals surface area contributed by atoms with Crippen molar-refractivity contribution in [3.63, 3.8) is 0 Å². The first-order valence-electron chi connectivity index (χ1n) is 4.92. The minimum atomic E-state index is -0.486. The summed E-state index contributed by atoms with van der Waals surface area (Å²) in [5, 5.41) is 20.4. The number of nitro groups is 1. The van der Waals surface area contributed by atoms with Crippen molar-refractivity contribution in [2.24, 2.45) is 0 Å². The second-order valence-electron chi connectivity index (χ2n) is 3.55. The minimum absolute atomic E-state index is 0.00509. The third kappa shape index (κ3) is 2.03. The summed E-state index contributed by atoms with van der Waals surface area (Å²) in [6, 6.07) is 10.7. The molecule has 0 saturated heterocycles. The Labute approximate surface area is 97.3 Å². The predicted octanol–water partition coefficient (Wildman–Crippen LogP) is 2.55. The van der Waals surface area contributed by atoms with Gasteiger partial charge in [-0.3, -0.25) is 10.1 Å². The molecule has 0 radical (unpaired) electrons. The van der Waals surface area contributed by atoms with E-state index in [1.807, 2.05) is 0 Å². The molecule has 0 atom stereocenters. The van der Waals surface area contributed by atoms with Gasteiger partial charge >= 0.3 is 0 Å². The Bertz CT molecular complexity index is 561. The molecule has 86 valence electrons. The number of hydrogen-bond acceptors (Lipinski definition) is 4. The van der Waals surface area contributed by atoms with E-state index >= 15 is 0 Å². The van der Waals surface area contributed by atoms with Crippen LogP contribution in [-0.2, 0) is 0 Å². The zero-order chi connectivity index (χ0) is 12.4. The van der Waals surface area contributed by atoms with Crippen molar-refractivity contribution in [1.82, 2.24) is 0 Å². The number of nitrogens with two attached hydrogens (primary N) is 1. The van der Waals surface area contributed by atoms with Crippen LogP contribution >= 0.6 is 0 Å². The maximum atomic E-state index is 10.7. The van der Waals surface area contributed by atoms with Gasteiger partial charge < -0.3 is 10.8 Å². The normalized spacial score (nSPS) is 10.1. The van der Waals surface area contributed by atoms with Gasteiger partial charge in [0.15, 0.2) is 0 Å². The number of rotatable bonds is 2. The Morgan fingerprint density at radius 2 is 1.88 bits per heavy atom. The highest BCUT2D eigenvalue weighted by Crippen LogP contribution is 2.35. The van der Waals surface area contributed by atoms with Crippen LogP contribution in [0.4, 0.5) is 11.4 Å². The first-order chi connectivity index (χ1) is 8.09. The number of phenolic OH excluding ortho intramolecular Hbond substituents is 1. The van der Waals surface area contributed by atoms with E-state index in [1.165, 1.54) is 18.2 Å². The Morgan fingerprint density at radius 3 is 2.53 bits per heavy atom. The van der Waals surface area contributed by atoms with Crippen LogP contribution in [-0.4, -0.2) is 10.0 Å². The van der Waals surface area contributed by atoms with Crippen LogP contribution in [0.2, 0.25) is 0 Å². The van der Waals surface area contributed by atoms with Gasteiger partial charge in [-0.15, -0.1) is 0 Å². The lowest BCUT2D eigenvalue weighted by molar-refractivity contribution is -0.384. The van der Waals surface area contributed by atoms with Crippen molar-refractivity contribution in [1.29, 1.82) is 0 Å². The second kappa shape index (κ2) is 4.13. The highest BCUT2D eigenvalue weighted by atomic mass is 16.6. The van der Waals surface area contributed by atoms with Gasteiger partial charge in [-0.1, -0.05) is 18.2 Å². The summed E-state index contributed by atoms with van der Waals surface area (Å²) < 4.78 is 0. The van der Waals surface area contributed by atoms with Gasteiger partial charge in [-0.2, -0.15) is 0 Å². The zero-order valence-corrected chi connectivity index (χ0v) is 8.83. The number of hydrogen-bond donors (Lipinski definition) is 2.